The van der Waals surface area contributed by atoms with E-state index in [1.54, 1.807) is 12.1 Å². The van der Waals surface area contributed by atoms with Crippen molar-refractivity contribution in [3.8, 4) is 0 Å². The lowest BCUT2D eigenvalue weighted by molar-refractivity contribution is 0.0521. The fraction of sp³-hybridized carbons (Fsp3) is 0.286. The lowest BCUT2D eigenvalue weighted by Crippen LogP contribution is -2.44. The summed E-state index contributed by atoms with van der Waals surface area (Å²) in [6, 6.07) is 5.32. The first-order valence-electron chi connectivity index (χ1n) is 5.96. The van der Waals surface area contributed by atoms with Crippen LogP contribution in [0.1, 0.15) is 27.1 Å². The molecule has 2 rings (SSSR count). The smallest absolute Gasteiger partial charge is 0.262 e. The summed E-state index contributed by atoms with van der Waals surface area (Å²) in [5.41, 5.74) is 0.547. The second-order valence-electron chi connectivity index (χ2n) is 4.28. The van der Waals surface area contributed by atoms with E-state index in [0.717, 1.165) is 4.90 Å². The van der Waals surface area contributed by atoms with E-state index < -0.39 is 24.0 Å². The first-order valence-corrected chi connectivity index (χ1v) is 5.96. The highest BCUT2D eigenvalue weighted by molar-refractivity contribution is 6.21. The number of imide groups is 1. The molecule has 1 heterocycles. The summed E-state index contributed by atoms with van der Waals surface area (Å²) >= 11 is 0. The van der Waals surface area contributed by atoms with E-state index in [-0.39, 0.29) is 24.2 Å². The monoisotopic (exact) mass is 263 g/mol. The van der Waals surface area contributed by atoms with Crippen molar-refractivity contribution in [2.24, 2.45) is 0 Å². The fourth-order valence-corrected chi connectivity index (χ4v) is 2.19. The molecular weight excluding hydrogens is 249 g/mol. The number of nitrogens with zero attached hydrogens (tertiary/aromatic N) is 1. The van der Waals surface area contributed by atoms with Gasteiger partial charge in [0.1, 0.15) is 6.17 Å². The van der Waals surface area contributed by atoms with Crippen LogP contribution in [0.25, 0.3) is 0 Å². The number of fused-ring (bicyclic) bond motifs is 1. The van der Waals surface area contributed by atoms with Gasteiger partial charge >= 0.3 is 0 Å². The number of aliphatic hydroxyl groups is 1. The molecule has 1 aromatic rings. The van der Waals surface area contributed by atoms with Crippen molar-refractivity contribution in [2.45, 2.75) is 18.6 Å². The number of carbonyl (C=O) groups is 2. The highest BCUT2D eigenvalue weighted by atomic mass is 19.1. The minimum atomic E-state index is -1.52. The van der Waals surface area contributed by atoms with Crippen molar-refractivity contribution in [2.75, 3.05) is 6.61 Å². The number of carbonyl (C=O) groups excluding carboxylic acids is 2. The van der Waals surface area contributed by atoms with Crippen molar-refractivity contribution in [3.05, 3.63) is 48.0 Å². The molecule has 2 unspecified atom stereocenters. The van der Waals surface area contributed by atoms with Crippen LogP contribution in [-0.4, -0.2) is 40.6 Å². The number of alkyl halides is 1. The van der Waals surface area contributed by atoms with Crippen LogP contribution in [0.5, 0.6) is 0 Å². The summed E-state index contributed by atoms with van der Waals surface area (Å²) in [6.07, 6.45) is -0.448. The Bertz CT molecular complexity index is 494. The Labute approximate surface area is 110 Å². The topological polar surface area (TPSA) is 57.6 Å². The molecular formula is C14H14FNO3. The third kappa shape index (κ3) is 2.17. The van der Waals surface area contributed by atoms with Gasteiger partial charge in [-0.1, -0.05) is 18.2 Å². The average molecular weight is 263 g/mol. The van der Waals surface area contributed by atoms with E-state index in [1.807, 2.05) is 0 Å². The quantitative estimate of drug-likeness (QED) is 0.648. The summed E-state index contributed by atoms with van der Waals surface area (Å²) in [7, 11) is 0. The molecule has 1 aromatic carbocycles. The molecule has 1 aliphatic heterocycles. The van der Waals surface area contributed by atoms with E-state index in [1.165, 1.54) is 18.2 Å². The van der Waals surface area contributed by atoms with Crippen LogP contribution in [0, 0.1) is 0 Å². The van der Waals surface area contributed by atoms with Crippen molar-refractivity contribution in [1.82, 2.24) is 4.90 Å². The number of benzene rings is 1. The van der Waals surface area contributed by atoms with Crippen molar-refractivity contribution < 1.29 is 19.1 Å². The van der Waals surface area contributed by atoms with E-state index >= 15 is 0 Å². The van der Waals surface area contributed by atoms with E-state index in [0.29, 0.717) is 0 Å². The maximum atomic E-state index is 13.9. The summed E-state index contributed by atoms with van der Waals surface area (Å²) in [5, 5.41) is 8.77. The summed E-state index contributed by atoms with van der Waals surface area (Å²) in [4.78, 5) is 25.2. The van der Waals surface area contributed by atoms with Gasteiger partial charge in [-0.15, -0.1) is 6.58 Å². The van der Waals surface area contributed by atoms with Crippen LogP contribution in [0.15, 0.2) is 36.9 Å². The Balaban J connectivity index is 2.35. The lowest BCUT2D eigenvalue weighted by atomic mass is 10.1. The van der Waals surface area contributed by atoms with Crippen LogP contribution < -0.4 is 0 Å². The average Bonchev–Trinajstić information content (AvgIpc) is 2.66. The summed E-state index contributed by atoms with van der Waals surface area (Å²) in [6.45, 7) is 3.12. The van der Waals surface area contributed by atoms with Gasteiger partial charge in [0.05, 0.1) is 17.2 Å². The lowest BCUT2D eigenvalue weighted by Gasteiger charge is -2.25. The zero-order valence-electron chi connectivity index (χ0n) is 10.3. The highest BCUT2D eigenvalue weighted by Crippen LogP contribution is 2.27. The molecule has 0 spiro atoms. The minimum absolute atomic E-state index is 0.149. The SMILES string of the molecule is C=CC(C(F)CCO)N1C(=O)c2ccccc2C1=O. The molecule has 2 amide bonds. The predicted molar refractivity (Wildman–Crippen MR) is 67.5 cm³/mol. The highest BCUT2D eigenvalue weighted by Gasteiger charge is 2.41. The molecule has 0 bridgehead atoms. The Morgan fingerprint density at radius 3 is 2.21 bits per heavy atom. The molecule has 4 nitrogen and oxygen atoms in total. The Morgan fingerprint density at radius 2 is 1.79 bits per heavy atom. The van der Waals surface area contributed by atoms with Crippen LogP contribution in [0.3, 0.4) is 0 Å². The van der Waals surface area contributed by atoms with Crippen LogP contribution in [0.2, 0.25) is 0 Å². The summed E-state index contributed by atoms with van der Waals surface area (Å²) in [5.74, 6) is -1.04. The molecule has 1 N–H and O–H groups in total. The van der Waals surface area contributed by atoms with Gasteiger partial charge in [0.2, 0.25) is 0 Å². The van der Waals surface area contributed by atoms with Crippen molar-refractivity contribution in [1.29, 1.82) is 0 Å². The normalized spacial score (nSPS) is 17.3. The first-order chi connectivity index (χ1) is 9.11. The van der Waals surface area contributed by atoms with Crippen molar-refractivity contribution in [3.63, 3.8) is 0 Å². The van der Waals surface area contributed by atoms with E-state index in [4.69, 9.17) is 5.11 Å². The van der Waals surface area contributed by atoms with Gasteiger partial charge in [0, 0.05) is 13.0 Å². The minimum Gasteiger partial charge on any atom is -0.396 e. The van der Waals surface area contributed by atoms with E-state index in [2.05, 4.69) is 6.58 Å². The Kier molecular flexibility index (Phi) is 3.76. The zero-order chi connectivity index (χ0) is 14.0. The third-order valence-electron chi connectivity index (χ3n) is 3.14. The van der Waals surface area contributed by atoms with Gasteiger partial charge in [0.25, 0.3) is 11.8 Å². The van der Waals surface area contributed by atoms with Gasteiger partial charge in [0.15, 0.2) is 0 Å². The predicted octanol–water partition coefficient (Wildman–Crippen LogP) is 1.56. The second kappa shape index (κ2) is 5.32. The molecule has 5 heteroatoms. The maximum Gasteiger partial charge on any atom is 0.262 e. The van der Waals surface area contributed by atoms with Crippen LogP contribution in [0.4, 0.5) is 4.39 Å². The van der Waals surface area contributed by atoms with Crippen LogP contribution in [-0.2, 0) is 0 Å². The molecule has 0 fully saturated rings. The molecule has 1 aliphatic rings. The fourth-order valence-electron chi connectivity index (χ4n) is 2.19. The molecule has 0 aliphatic carbocycles. The van der Waals surface area contributed by atoms with Gasteiger partial charge in [-0.05, 0) is 12.1 Å². The Morgan fingerprint density at radius 1 is 1.26 bits per heavy atom. The number of rotatable bonds is 5. The zero-order valence-corrected chi connectivity index (χ0v) is 10.3. The van der Waals surface area contributed by atoms with Gasteiger partial charge in [-0.3, -0.25) is 14.5 Å². The molecule has 0 saturated heterocycles. The van der Waals surface area contributed by atoms with Crippen LogP contribution >= 0.6 is 0 Å². The Hall–Kier alpha value is -2.01. The number of amides is 2. The second-order valence-corrected chi connectivity index (χ2v) is 4.28. The number of hydrogen-bond donors (Lipinski definition) is 1. The number of aliphatic hydroxyl groups excluding tert-OH is 1. The van der Waals surface area contributed by atoms with Gasteiger partial charge in [-0.2, -0.15) is 0 Å². The van der Waals surface area contributed by atoms with Gasteiger partial charge in [-0.25, -0.2) is 4.39 Å². The first kappa shape index (κ1) is 13.4. The standard InChI is InChI=1S/C14H14FNO3/c1-2-12(11(15)7-8-17)16-13(18)9-5-3-4-6-10(9)14(16)19/h2-6,11-12,17H,1,7-8H2. The molecule has 0 saturated carbocycles. The summed E-state index contributed by atoms with van der Waals surface area (Å²) < 4.78 is 13.9. The molecule has 100 valence electrons. The third-order valence-corrected chi connectivity index (χ3v) is 3.14. The van der Waals surface area contributed by atoms with Gasteiger partial charge < -0.3 is 5.11 Å². The molecule has 19 heavy (non-hydrogen) atoms. The largest absolute Gasteiger partial charge is 0.396 e. The molecule has 2 atom stereocenters. The number of hydrogen-bond acceptors (Lipinski definition) is 3. The maximum absolute atomic E-state index is 13.9. The molecule has 0 aromatic heterocycles. The number of halogens is 1. The molecule has 0 radical (unpaired) electrons. The van der Waals surface area contributed by atoms with Crippen molar-refractivity contribution >= 4 is 11.8 Å². The van der Waals surface area contributed by atoms with E-state index in [9.17, 15) is 14.0 Å².